The third kappa shape index (κ3) is 5.01. The van der Waals surface area contributed by atoms with Crippen LogP contribution >= 0.6 is 0 Å². The molecule has 0 aromatic carbocycles. The van der Waals surface area contributed by atoms with Gasteiger partial charge in [-0.2, -0.15) is 0 Å². The predicted molar refractivity (Wildman–Crippen MR) is 105 cm³/mol. The maximum atomic E-state index is 12.7. The van der Waals surface area contributed by atoms with E-state index in [0.29, 0.717) is 42.5 Å². The maximum absolute atomic E-state index is 12.7. The molecule has 4 unspecified atom stereocenters. The number of carbonyl (C=O) groups excluding carboxylic acids is 2. The molecule has 148 valence electrons. The Hall–Kier alpha value is -1.06. The largest absolute Gasteiger partial charge is 0.342 e. The summed E-state index contributed by atoms with van der Waals surface area (Å²) in [6, 6.07) is 0.517. The highest BCUT2D eigenvalue weighted by molar-refractivity contribution is 5.77. The smallest absolute Gasteiger partial charge is 0.222 e. The van der Waals surface area contributed by atoms with Crippen molar-refractivity contribution < 1.29 is 9.59 Å². The number of piperidine rings is 2. The summed E-state index contributed by atoms with van der Waals surface area (Å²) < 4.78 is 0. The van der Waals surface area contributed by atoms with Gasteiger partial charge in [0.05, 0.1) is 0 Å². The van der Waals surface area contributed by atoms with E-state index in [2.05, 4.69) is 23.6 Å². The fourth-order valence-electron chi connectivity index (χ4n) is 5.66. The molecule has 4 atom stereocenters. The first-order valence-corrected chi connectivity index (χ1v) is 11.1. The molecular weight excluding hydrogens is 324 g/mol. The number of hydrogen-bond donors (Lipinski definition) is 0. The Morgan fingerprint density at radius 2 is 1.46 bits per heavy atom. The number of likely N-dealkylation sites (tertiary alicyclic amines) is 2. The molecule has 4 nitrogen and oxygen atoms in total. The van der Waals surface area contributed by atoms with Crippen LogP contribution < -0.4 is 0 Å². The van der Waals surface area contributed by atoms with E-state index in [9.17, 15) is 9.59 Å². The molecule has 0 N–H and O–H groups in total. The Bertz CT molecular complexity index is 481. The van der Waals surface area contributed by atoms with Gasteiger partial charge in [0.25, 0.3) is 0 Å². The lowest BCUT2D eigenvalue weighted by atomic mass is 9.78. The molecule has 1 aliphatic carbocycles. The quantitative estimate of drug-likeness (QED) is 0.687. The number of nitrogens with zero attached hydrogens (tertiary/aromatic N) is 2. The molecule has 2 aliphatic heterocycles. The molecule has 3 aliphatic rings. The summed E-state index contributed by atoms with van der Waals surface area (Å²) in [5, 5.41) is 0. The molecule has 4 heteroatoms. The summed E-state index contributed by atoms with van der Waals surface area (Å²) in [4.78, 5) is 29.4. The van der Waals surface area contributed by atoms with Crippen LogP contribution in [0.5, 0.6) is 0 Å². The molecule has 0 radical (unpaired) electrons. The van der Waals surface area contributed by atoms with Crippen molar-refractivity contribution in [2.24, 2.45) is 17.8 Å². The van der Waals surface area contributed by atoms with Crippen LogP contribution in [0.3, 0.4) is 0 Å². The van der Waals surface area contributed by atoms with E-state index in [1.807, 2.05) is 0 Å². The number of fused-ring (bicyclic) bond motifs is 1. The highest BCUT2D eigenvalue weighted by Gasteiger charge is 2.35. The first-order chi connectivity index (χ1) is 12.5. The van der Waals surface area contributed by atoms with E-state index < -0.39 is 0 Å². The number of rotatable bonds is 5. The minimum absolute atomic E-state index is 0.293. The summed E-state index contributed by atoms with van der Waals surface area (Å²) in [5.41, 5.74) is 0. The normalized spacial score (nSPS) is 32.2. The molecule has 0 aromatic rings. The van der Waals surface area contributed by atoms with Gasteiger partial charge >= 0.3 is 0 Å². The minimum atomic E-state index is 0.293. The monoisotopic (exact) mass is 362 g/mol. The van der Waals surface area contributed by atoms with E-state index in [1.54, 1.807) is 0 Å². The molecular formula is C22H38N2O2. The summed E-state index contributed by atoms with van der Waals surface area (Å²) >= 11 is 0. The van der Waals surface area contributed by atoms with Gasteiger partial charge in [-0.05, 0) is 62.7 Å². The van der Waals surface area contributed by atoms with Crippen molar-refractivity contribution in [3.05, 3.63) is 0 Å². The van der Waals surface area contributed by atoms with Crippen molar-refractivity contribution in [2.45, 2.75) is 90.5 Å². The second kappa shape index (κ2) is 9.23. The van der Waals surface area contributed by atoms with Gasteiger partial charge in [-0.3, -0.25) is 9.59 Å². The van der Waals surface area contributed by atoms with E-state index in [1.165, 1.54) is 44.9 Å². The molecule has 2 heterocycles. The van der Waals surface area contributed by atoms with Gasteiger partial charge in [0.2, 0.25) is 11.8 Å². The lowest BCUT2D eigenvalue weighted by molar-refractivity contribution is -0.138. The Labute approximate surface area is 159 Å². The van der Waals surface area contributed by atoms with Gasteiger partial charge in [-0.15, -0.1) is 0 Å². The van der Waals surface area contributed by atoms with E-state index in [-0.39, 0.29) is 0 Å². The van der Waals surface area contributed by atoms with Crippen LogP contribution in [0, 0.1) is 17.8 Å². The topological polar surface area (TPSA) is 40.6 Å². The summed E-state index contributed by atoms with van der Waals surface area (Å²) in [7, 11) is 0. The number of unbranched alkanes of at least 4 members (excludes halogenated alkanes) is 1. The zero-order valence-electron chi connectivity index (χ0n) is 16.9. The third-order valence-corrected chi connectivity index (χ3v) is 6.82. The first kappa shape index (κ1) is 19.7. The SMILES string of the molecule is CC1CC(C)CN(C(=O)CCCCC(=O)N2CCCC3CCCCC32)C1. The average molecular weight is 363 g/mol. The molecule has 3 rings (SSSR count). The van der Waals surface area contributed by atoms with Gasteiger partial charge in [0.15, 0.2) is 0 Å². The Morgan fingerprint density at radius 1 is 0.846 bits per heavy atom. The van der Waals surface area contributed by atoms with E-state index >= 15 is 0 Å². The van der Waals surface area contributed by atoms with E-state index in [0.717, 1.165) is 38.4 Å². The molecule has 26 heavy (non-hydrogen) atoms. The summed E-state index contributed by atoms with van der Waals surface area (Å²) in [5.74, 6) is 2.63. The fourth-order valence-corrected chi connectivity index (χ4v) is 5.66. The van der Waals surface area contributed by atoms with Crippen LogP contribution in [0.15, 0.2) is 0 Å². The first-order valence-electron chi connectivity index (χ1n) is 11.1. The van der Waals surface area contributed by atoms with Crippen LogP contribution in [0.2, 0.25) is 0 Å². The van der Waals surface area contributed by atoms with Crippen LogP contribution in [0.25, 0.3) is 0 Å². The van der Waals surface area contributed by atoms with Crippen molar-refractivity contribution in [1.29, 1.82) is 0 Å². The molecule has 0 aromatic heterocycles. The van der Waals surface area contributed by atoms with Crippen LogP contribution in [0.1, 0.15) is 84.5 Å². The number of amides is 2. The standard InChI is InChI=1S/C22H38N2O2/c1-17-14-18(2)16-23(15-17)21(25)11-5-6-12-22(26)24-13-7-9-19-8-3-4-10-20(19)24/h17-20H,3-16H2,1-2H3. The van der Waals surface area contributed by atoms with Gasteiger partial charge < -0.3 is 9.80 Å². The highest BCUT2D eigenvalue weighted by Crippen LogP contribution is 2.35. The Kier molecular flexibility index (Phi) is 6.99. The maximum Gasteiger partial charge on any atom is 0.222 e. The van der Waals surface area contributed by atoms with Gasteiger partial charge in [-0.25, -0.2) is 0 Å². The van der Waals surface area contributed by atoms with Crippen molar-refractivity contribution in [1.82, 2.24) is 9.80 Å². The number of carbonyl (C=O) groups is 2. The third-order valence-electron chi connectivity index (χ3n) is 6.82. The van der Waals surface area contributed by atoms with Crippen molar-refractivity contribution in [2.75, 3.05) is 19.6 Å². The Morgan fingerprint density at radius 3 is 2.19 bits per heavy atom. The van der Waals surface area contributed by atoms with Crippen LogP contribution in [0.4, 0.5) is 0 Å². The molecule has 2 saturated heterocycles. The lowest BCUT2D eigenvalue weighted by Crippen LogP contribution is -2.49. The highest BCUT2D eigenvalue weighted by atomic mass is 16.2. The Balaban J connectivity index is 1.37. The molecule has 0 bridgehead atoms. The summed E-state index contributed by atoms with van der Waals surface area (Å²) in [6.07, 6.45) is 11.8. The molecule has 2 amide bonds. The molecule has 0 spiro atoms. The lowest BCUT2D eigenvalue weighted by Gasteiger charge is -2.44. The van der Waals surface area contributed by atoms with Crippen molar-refractivity contribution in [3.8, 4) is 0 Å². The van der Waals surface area contributed by atoms with Gasteiger partial charge in [0, 0.05) is 38.5 Å². The summed E-state index contributed by atoms with van der Waals surface area (Å²) in [6.45, 7) is 7.28. The fraction of sp³-hybridized carbons (Fsp3) is 0.909. The molecule has 1 saturated carbocycles. The van der Waals surface area contributed by atoms with Gasteiger partial charge in [-0.1, -0.05) is 26.7 Å². The predicted octanol–water partition coefficient (Wildman–Crippen LogP) is 4.23. The minimum Gasteiger partial charge on any atom is -0.342 e. The van der Waals surface area contributed by atoms with Crippen LogP contribution in [-0.4, -0.2) is 47.3 Å². The van der Waals surface area contributed by atoms with Crippen LogP contribution in [-0.2, 0) is 9.59 Å². The zero-order chi connectivity index (χ0) is 18.5. The zero-order valence-corrected chi connectivity index (χ0v) is 16.9. The average Bonchev–Trinajstić information content (AvgIpc) is 2.63. The molecule has 3 fully saturated rings. The van der Waals surface area contributed by atoms with Crippen molar-refractivity contribution in [3.63, 3.8) is 0 Å². The van der Waals surface area contributed by atoms with Gasteiger partial charge in [0.1, 0.15) is 0 Å². The second-order valence-electron chi connectivity index (χ2n) is 9.29. The van der Waals surface area contributed by atoms with E-state index in [4.69, 9.17) is 0 Å². The second-order valence-corrected chi connectivity index (χ2v) is 9.29. The number of hydrogen-bond acceptors (Lipinski definition) is 2. The van der Waals surface area contributed by atoms with Crippen molar-refractivity contribution >= 4 is 11.8 Å².